The maximum atomic E-state index is 11.2. The molecule has 0 radical (unpaired) electrons. The molecule has 3 unspecified atom stereocenters. The molecular weight excluding hydrogens is 192 g/mol. The highest BCUT2D eigenvalue weighted by Crippen LogP contribution is 2.43. The monoisotopic (exact) mass is 208 g/mol. The molecule has 3 nitrogen and oxygen atoms in total. The third kappa shape index (κ3) is 2.46. The van der Waals surface area contributed by atoms with Crippen molar-refractivity contribution in [3.05, 3.63) is 12.2 Å². The molecule has 2 aliphatic carbocycles. The van der Waals surface area contributed by atoms with Crippen molar-refractivity contribution >= 4 is 11.8 Å². The Kier molecular flexibility index (Phi) is 2.89. The topological polar surface area (TPSA) is 43.4 Å². The van der Waals surface area contributed by atoms with Crippen LogP contribution in [0.5, 0.6) is 0 Å². The highest BCUT2D eigenvalue weighted by Gasteiger charge is 2.36. The number of hydrogen-bond acceptors (Lipinski definition) is 3. The fraction of sp³-hybridized carbons (Fsp3) is 0.667. The zero-order valence-corrected chi connectivity index (χ0v) is 8.94. The Labute approximate surface area is 89.5 Å². The Morgan fingerprint density at radius 3 is 2.67 bits per heavy atom. The van der Waals surface area contributed by atoms with Gasteiger partial charge in [0.15, 0.2) is 0 Å². The summed E-state index contributed by atoms with van der Waals surface area (Å²) < 4.78 is 5.10. The summed E-state index contributed by atoms with van der Waals surface area (Å²) in [6.07, 6.45) is 6.76. The van der Waals surface area contributed by atoms with Crippen molar-refractivity contribution in [1.82, 2.24) is 0 Å². The van der Waals surface area contributed by atoms with Crippen LogP contribution in [0.4, 0.5) is 0 Å². The SMILES string of the molecule is CC(=O)CC(=O)OCC1CC2C=CC1C2. The smallest absolute Gasteiger partial charge is 0.313 e. The molecule has 1 saturated carbocycles. The number of allylic oxidation sites excluding steroid dienone is 2. The summed E-state index contributed by atoms with van der Waals surface area (Å²) in [6.45, 7) is 1.89. The average Bonchev–Trinajstić information content (AvgIpc) is 2.74. The van der Waals surface area contributed by atoms with Gasteiger partial charge in [-0.05, 0) is 37.5 Å². The van der Waals surface area contributed by atoms with Crippen LogP contribution in [0.15, 0.2) is 12.2 Å². The van der Waals surface area contributed by atoms with Crippen molar-refractivity contribution in [1.29, 1.82) is 0 Å². The van der Waals surface area contributed by atoms with Crippen LogP contribution < -0.4 is 0 Å². The molecule has 0 heterocycles. The van der Waals surface area contributed by atoms with Crippen LogP contribution in [0, 0.1) is 17.8 Å². The second-order valence-corrected chi connectivity index (χ2v) is 4.60. The minimum Gasteiger partial charge on any atom is -0.465 e. The van der Waals surface area contributed by atoms with Crippen LogP contribution in [0.3, 0.4) is 0 Å². The summed E-state index contributed by atoms with van der Waals surface area (Å²) in [7, 11) is 0. The highest BCUT2D eigenvalue weighted by atomic mass is 16.5. The molecule has 0 saturated heterocycles. The quantitative estimate of drug-likeness (QED) is 0.401. The van der Waals surface area contributed by atoms with E-state index >= 15 is 0 Å². The number of ether oxygens (including phenoxy) is 1. The van der Waals surface area contributed by atoms with Crippen LogP contribution in [0.1, 0.15) is 26.2 Å². The second-order valence-electron chi connectivity index (χ2n) is 4.60. The van der Waals surface area contributed by atoms with Gasteiger partial charge in [-0.25, -0.2) is 0 Å². The van der Waals surface area contributed by atoms with E-state index in [1.807, 2.05) is 0 Å². The van der Waals surface area contributed by atoms with Crippen LogP contribution in [0.25, 0.3) is 0 Å². The minimum atomic E-state index is -0.380. The van der Waals surface area contributed by atoms with E-state index in [2.05, 4.69) is 12.2 Å². The first-order valence-corrected chi connectivity index (χ1v) is 5.48. The number of hydrogen-bond donors (Lipinski definition) is 0. The van der Waals surface area contributed by atoms with Gasteiger partial charge in [0, 0.05) is 0 Å². The van der Waals surface area contributed by atoms with E-state index in [0.29, 0.717) is 24.4 Å². The second kappa shape index (κ2) is 4.17. The number of Topliss-reactive ketones (excluding diaryl/α,β-unsaturated/α-hetero) is 1. The molecular formula is C12H16O3. The largest absolute Gasteiger partial charge is 0.465 e. The fourth-order valence-electron chi connectivity index (χ4n) is 2.54. The zero-order chi connectivity index (χ0) is 10.8. The summed E-state index contributed by atoms with van der Waals surface area (Å²) in [5.74, 6) is 1.27. The lowest BCUT2D eigenvalue weighted by Crippen LogP contribution is -2.18. The van der Waals surface area contributed by atoms with E-state index in [1.54, 1.807) is 0 Å². The molecule has 1 fully saturated rings. The molecule has 2 rings (SSSR count). The molecule has 0 aliphatic heterocycles. The van der Waals surface area contributed by atoms with E-state index < -0.39 is 0 Å². The van der Waals surface area contributed by atoms with Gasteiger partial charge in [-0.3, -0.25) is 9.59 Å². The van der Waals surface area contributed by atoms with Gasteiger partial charge in [-0.15, -0.1) is 0 Å². The van der Waals surface area contributed by atoms with Crippen LogP contribution in [0.2, 0.25) is 0 Å². The van der Waals surface area contributed by atoms with Crippen molar-refractivity contribution in [2.75, 3.05) is 6.61 Å². The Bertz CT molecular complexity index is 306. The first-order chi connectivity index (χ1) is 7.15. The number of fused-ring (bicyclic) bond motifs is 2. The van der Waals surface area contributed by atoms with E-state index in [-0.39, 0.29) is 18.2 Å². The van der Waals surface area contributed by atoms with Crippen molar-refractivity contribution in [2.24, 2.45) is 17.8 Å². The van der Waals surface area contributed by atoms with E-state index in [9.17, 15) is 9.59 Å². The molecule has 3 heteroatoms. The number of carbonyl (C=O) groups excluding carboxylic acids is 2. The molecule has 0 aromatic carbocycles. The lowest BCUT2D eigenvalue weighted by Gasteiger charge is -2.17. The van der Waals surface area contributed by atoms with Crippen LogP contribution in [-0.2, 0) is 14.3 Å². The molecule has 0 spiro atoms. The van der Waals surface area contributed by atoms with Gasteiger partial charge < -0.3 is 4.74 Å². The number of esters is 1. The number of carbonyl (C=O) groups is 2. The minimum absolute atomic E-state index is 0.0867. The molecule has 0 aromatic rings. The molecule has 0 amide bonds. The maximum Gasteiger partial charge on any atom is 0.313 e. The van der Waals surface area contributed by atoms with Gasteiger partial charge in [0.25, 0.3) is 0 Å². The Balaban J connectivity index is 1.72. The predicted octanol–water partition coefficient (Wildman–Crippen LogP) is 1.72. The van der Waals surface area contributed by atoms with Crippen LogP contribution >= 0.6 is 0 Å². The molecule has 15 heavy (non-hydrogen) atoms. The third-order valence-corrected chi connectivity index (χ3v) is 3.27. The van der Waals surface area contributed by atoms with Gasteiger partial charge in [0.05, 0.1) is 6.61 Å². The normalized spacial score (nSPS) is 31.9. The third-order valence-electron chi connectivity index (χ3n) is 3.27. The summed E-state index contributed by atoms with van der Waals surface area (Å²) in [6, 6.07) is 0. The van der Waals surface area contributed by atoms with Crippen molar-refractivity contribution in [3.63, 3.8) is 0 Å². The zero-order valence-electron chi connectivity index (χ0n) is 8.94. The fourth-order valence-corrected chi connectivity index (χ4v) is 2.54. The summed E-state index contributed by atoms with van der Waals surface area (Å²) in [5.41, 5.74) is 0. The molecule has 82 valence electrons. The number of ketones is 1. The Morgan fingerprint density at radius 1 is 1.33 bits per heavy atom. The lowest BCUT2D eigenvalue weighted by molar-refractivity contribution is -0.147. The summed E-state index contributed by atoms with van der Waals surface area (Å²) >= 11 is 0. The molecule has 0 N–H and O–H groups in total. The molecule has 2 aliphatic rings. The molecule has 2 bridgehead atoms. The molecule has 0 aromatic heterocycles. The summed E-state index contributed by atoms with van der Waals surface area (Å²) in [4.78, 5) is 21.8. The Hall–Kier alpha value is -1.12. The lowest BCUT2D eigenvalue weighted by atomic mass is 9.95. The van der Waals surface area contributed by atoms with Gasteiger partial charge >= 0.3 is 5.97 Å². The van der Waals surface area contributed by atoms with E-state index in [4.69, 9.17) is 4.74 Å². The van der Waals surface area contributed by atoms with Gasteiger partial charge in [-0.1, -0.05) is 12.2 Å². The van der Waals surface area contributed by atoms with E-state index in [0.717, 1.165) is 6.42 Å². The standard InChI is InChI=1S/C12H16O3/c1-8(13)4-12(14)15-7-11-6-9-2-3-10(11)5-9/h2-3,9-11H,4-7H2,1H3. The highest BCUT2D eigenvalue weighted by molar-refractivity contribution is 5.94. The first-order valence-electron chi connectivity index (χ1n) is 5.48. The molecule has 3 atom stereocenters. The first kappa shape index (κ1) is 10.4. The van der Waals surface area contributed by atoms with Crippen molar-refractivity contribution in [2.45, 2.75) is 26.2 Å². The van der Waals surface area contributed by atoms with E-state index in [1.165, 1.54) is 13.3 Å². The summed E-state index contributed by atoms with van der Waals surface area (Å²) in [5, 5.41) is 0. The van der Waals surface area contributed by atoms with Crippen molar-refractivity contribution in [3.8, 4) is 0 Å². The number of rotatable bonds is 4. The van der Waals surface area contributed by atoms with Crippen LogP contribution in [-0.4, -0.2) is 18.4 Å². The Morgan fingerprint density at radius 2 is 2.13 bits per heavy atom. The van der Waals surface area contributed by atoms with Gasteiger partial charge in [0.2, 0.25) is 0 Å². The van der Waals surface area contributed by atoms with Crippen molar-refractivity contribution < 1.29 is 14.3 Å². The maximum absolute atomic E-state index is 11.2. The van der Waals surface area contributed by atoms with Gasteiger partial charge in [-0.2, -0.15) is 0 Å². The van der Waals surface area contributed by atoms with Gasteiger partial charge in [0.1, 0.15) is 12.2 Å². The average molecular weight is 208 g/mol. The predicted molar refractivity (Wildman–Crippen MR) is 55.1 cm³/mol.